The molecule has 0 aliphatic heterocycles. The van der Waals surface area contributed by atoms with Gasteiger partial charge in [0.1, 0.15) is 5.56 Å². The summed E-state index contributed by atoms with van der Waals surface area (Å²) >= 11 is 3.40. The lowest BCUT2D eigenvalue weighted by Crippen LogP contribution is -2.25. The quantitative estimate of drug-likeness (QED) is 0.564. The minimum Gasteiger partial charge on any atom is -0.459 e. The van der Waals surface area contributed by atoms with Crippen molar-refractivity contribution in [3.05, 3.63) is 68.9 Å². The van der Waals surface area contributed by atoms with Crippen molar-refractivity contribution in [3.63, 3.8) is 0 Å². The van der Waals surface area contributed by atoms with Gasteiger partial charge in [-0.25, -0.2) is 4.79 Å². The molecule has 0 amide bonds. The van der Waals surface area contributed by atoms with Crippen molar-refractivity contribution < 1.29 is 9.53 Å². The zero-order valence-corrected chi connectivity index (χ0v) is 15.6. The molecule has 0 fully saturated rings. The van der Waals surface area contributed by atoms with Crippen molar-refractivity contribution in [1.82, 2.24) is 4.57 Å². The van der Waals surface area contributed by atoms with E-state index < -0.39 is 5.97 Å². The number of pyridine rings is 1. The smallest absolute Gasteiger partial charge is 0.344 e. The lowest BCUT2D eigenvalue weighted by Gasteiger charge is -2.18. The SMILES string of the molecule is C=CCn1c(-c2ccc(Br)cc2)cc(=O)c(C(=O)OC(C)C)c1C. The summed E-state index contributed by atoms with van der Waals surface area (Å²) in [6, 6.07) is 9.15. The van der Waals surface area contributed by atoms with Gasteiger partial charge in [-0.1, -0.05) is 34.1 Å². The maximum atomic E-state index is 12.5. The standard InChI is InChI=1S/C19H20BrNO3/c1-5-10-21-13(4)18(19(23)24-12(2)3)17(22)11-16(21)14-6-8-15(20)9-7-14/h5-9,11-12H,1,10H2,2-4H3. The summed E-state index contributed by atoms with van der Waals surface area (Å²) in [7, 11) is 0. The molecule has 5 heteroatoms. The molecule has 1 heterocycles. The number of hydrogen-bond donors (Lipinski definition) is 0. The van der Waals surface area contributed by atoms with Crippen LogP contribution in [0.3, 0.4) is 0 Å². The Kier molecular flexibility index (Phi) is 5.78. The number of nitrogens with zero attached hydrogens (tertiary/aromatic N) is 1. The number of allylic oxidation sites excluding steroid dienone is 1. The molecule has 1 aromatic heterocycles. The van der Waals surface area contributed by atoms with Gasteiger partial charge in [0.2, 0.25) is 0 Å². The highest BCUT2D eigenvalue weighted by atomic mass is 79.9. The summed E-state index contributed by atoms with van der Waals surface area (Å²) < 4.78 is 8.06. The zero-order chi connectivity index (χ0) is 17.9. The second kappa shape index (κ2) is 7.62. The van der Waals surface area contributed by atoms with E-state index in [1.54, 1.807) is 26.8 Å². The van der Waals surface area contributed by atoms with E-state index in [1.165, 1.54) is 6.07 Å². The van der Waals surface area contributed by atoms with Crippen LogP contribution in [-0.2, 0) is 11.3 Å². The number of halogens is 1. The molecule has 2 rings (SSSR count). The Labute approximate surface area is 149 Å². The minimum atomic E-state index is -0.590. The van der Waals surface area contributed by atoms with E-state index in [0.29, 0.717) is 12.2 Å². The second-order valence-electron chi connectivity index (χ2n) is 5.71. The first kappa shape index (κ1) is 18.2. The Hall–Kier alpha value is -2.14. The first-order valence-corrected chi connectivity index (χ1v) is 8.46. The molecule has 0 bridgehead atoms. The van der Waals surface area contributed by atoms with Gasteiger partial charge in [0.05, 0.1) is 11.8 Å². The number of esters is 1. The van der Waals surface area contributed by atoms with Crippen molar-refractivity contribution in [2.45, 2.75) is 33.4 Å². The number of carbonyl (C=O) groups is 1. The van der Waals surface area contributed by atoms with E-state index in [1.807, 2.05) is 28.8 Å². The highest BCUT2D eigenvalue weighted by molar-refractivity contribution is 9.10. The van der Waals surface area contributed by atoms with E-state index in [9.17, 15) is 9.59 Å². The molecule has 1 aromatic carbocycles. The van der Waals surface area contributed by atoms with Crippen LogP contribution in [0.25, 0.3) is 11.3 Å². The molecule has 0 unspecified atom stereocenters. The Morgan fingerprint density at radius 3 is 2.50 bits per heavy atom. The lowest BCUT2D eigenvalue weighted by atomic mass is 10.1. The van der Waals surface area contributed by atoms with Gasteiger partial charge in [-0.05, 0) is 38.5 Å². The summed E-state index contributed by atoms with van der Waals surface area (Å²) in [5.41, 5.74) is 1.95. The minimum absolute atomic E-state index is 0.0754. The Morgan fingerprint density at radius 1 is 1.33 bits per heavy atom. The monoisotopic (exact) mass is 389 g/mol. The molecule has 4 nitrogen and oxygen atoms in total. The van der Waals surface area contributed by atoms with Gasteiger partial charge in [-0.3, -0.25) is 4.79 Å². The fraction of sp³-hybridized carbons (Fsp3) is 0.263. The van der Waals surface area contributed by atoms with E-state index in [2.05, 4.69) is 22.5 Å². The van der Waals surface area contributed by atoms with Crippen molar-refractivity contribution in [2.24, 2.45) is 0 Å². The molecule has 0 saturated carbocycles. The Bertz CT molecular complexity index is 820. The fourth-order valence-electron chi connectivity index (χ4n) is 2.51. The maximum Gasteiger partial charge on any atom is 0.344 e. The van der Waals surface area contributed by atoms with Gasteiger partial charge in [0.25, 0.3) is 0 Å². The van der Waals surface area contributed by atoms with Gasteiger partial charge in [-0.2, -0.15) is 0 Å². The molecule has 0 aliphatic rings. The Balaban J connectivity index is 2.66. The second-order valence-corrected chi connectivity index (χ2v) is 6.63. The maximum absolute atomic E-state index is 12.5. The van der Waals surface area contributed by atoms with Gasteiger partial charge >= 0.3 is 5.97 Å². The summed E-state index contributed by atoms with van der Waals surface area (Å²) in [6.45, 7) is 9.52. The number of benzene rings is 1. The van der Waals surface area contributed by atoms with Crippen LogP contribution < -0.4 is 5.43 Å². The van der Waals surface area contributed by atoms with Crippen molar-refractivity contribution in [2.75, 3.05) is 0 Å². The van der Waals surface area contributed by atoms with E-state index in [-0.39, 0.29) is 17.1 Å². The average Bonchev–Trinajstić information content (AvgIpc) is 2.50. The largest absolute Gasteiger partial charge is 0.459 e. The molecule has 0 N–H and O–H groups in total. The fourth-order valence-corrected chi connectivity index (χ4v) is 2.78. The first-order chi connectivity index (χ1) is 11.3. The molecule has 0 saturated heterocycles. The molecule has 126 valence electrons. The van der Waals surface area contributed by atoms with Crippen LogP contribution in [0.2, 0.25) is 0 Å². The van der Waals surface area contributed by atoms with Gasteiger partial charge in [0.15, 0.2) is 5.43 Å². The molecular weight excluding hydrogens is 370 g/mol. The average molecular weight is 390 g/mol. The van der Waals surface area contributed by atoms with Crippen molar-refractivity contribution >= 4 is 21.9 Å². The molecule has 0 aliphatic carbocycles. The number of carbonyl (C=O) groups excluding carboxylic acids is 1. The third-order valence-corrected chi connectivity index (χ3v) is 4.10. The topological polar surface area (TPSA) is 48.3 Å². The summed E-state index contributed by atoms with van der Waals surface area (Å²) in [4.78, 5) is 24.8. The first-order valence-electron chi connectivity index (χ1n) is 7.67. The molecule has 0 atom stereocenters. The van der Waals surface area contributed by atoms with Crippen LogP contribution in [0.4, 0.5) is 0 Å². The van der Waals surface area contributed by atoms with Crippen LogP contribution in [0, 0.1) is 6.92 Å². The highest BCUT2D eigenvalue weighted by Crippen LogP contribution is 2.23. The van der Waals surface area contributed by atoms with Crippen LogP contribution in [-0.4, -0.2) is 16.6 Å². The van der Waals surface area contributed by atoms with Crippen LogP contribution in [0.15, 0.2) is 52.3 Å². The van der Waals surface area contributed by atoms with Crippen molar-refractivity contribution in [1.29, 1.82) is 0 Å². The molecule has 24 heavy (non-hydrogen) atoms. The third kappa shape index (κ3) is 3.85. The van der Waals surface area contributed by atoms with E-state index >= 15 is 0 Å². The normalized spacial score (nSPS) is 10.7. The summed E-state index contributed by atoms with van der Waals surface area (Å²) in [5.74, 6) is -0.590. The predicted octanol–water partition coefficient (Wildman–Crippen LogP) is 4.34. The van der Waals surface area contributed by atoms with Crippen molar-refractivity contribution in [3.8, 4) is 11.3 Å². The number of hydrogen-bond acceptors (Lipinski definition) is 3. The number of ether oxygens (including phenoxy) is 1. The van der Waals surface area contributed by atoms with Crippen LogP contribution >= 0.6 is 15.9 Å². The number of rotatable bonds is 5. The van der Waals surface area contributed by atoms with Gasteiger partial charge < -0.3 is 9.30 Å². The molecule has 0 spiro atoms. The van der Waals surface area contributed by atoms with Gasteiger partial charge in [0, 0.05) is 22.8 Å². The molecular formula is C19H20BrNO3. The van der Waals surface area contributed by atoms with Gasteiger partial charge in [-0.15, -0.1) is 6.58 Å². The predicted molar refractivity (Wildman–Crippen MR) is 99.3 cm³/mol. The van der Waals surface area contributed by atoms with E-state index in [0.717, 1.165) is 15.7 Å². The summed E-state index contributed by atoms with van der Waals surface area (Å²) in [5, 5.41) is 0. The molecule has 2 aromatic rings. The Morgan fingerprint density at radius 2 is 1.96 bits per heavy atom. The zero-order valence-electron chi connectivity index (χ0n) is 14.0. The molecule has 0 radical (unpaired) electrons. The van der Waals surface area contributed by atoms with E-state index in [4.69, 9.17) is 4.74 Å². The highest BCUT2D eigenvalue weighted by Gasteiger charge is 2.21. The van der Waals surface area contributed by atoms with Crippen LogP contribution in [0.5, 0.6) is 0 Å². The van der Waals surface area contributed by atoms with Crippen LogP contribution in [0.1, 0.15) is 29.9 Å². The third-order valence-electron chi connectivity index (χ3n) is 3.57. The lowest BCUT2D eigenvalue weighted by molar-refractivity contribution is 0.0374. The number of aromatic nitrogens is 1. The summed E-state index contributed by atoms with van der Waals surface area (Å²) in [6.07, 6.45) is 1.45.